The molecule has 0 aliphatic heterocycles. The molecule has 7 heteroatoms. The van der Waals surface area contributed by atoms with Gasteiger partial charge in [-0.2, -0.15) is 5.10 Å². The number of halogens is 1. The average molecular weight is 471 g/mol. The van der Waals surface area contributed by atoms with Crippen molar-refractivity contribution in [3.63, 3.8) is 0 Å². The van der Waals surface area contributed by atoms with Crippen LogP contribution < -0.4 is 15.4 Å². The van der Waals surface area contributed by atoms with Crippen molar-refractivity contribution in [2.45, 2.75) is 33.7 Å². The Bertz CT molecular complexity index is 699. The minimum Gasteiger partial charge on any atom is -0.491 e. The molecule has 2 N–H and O–H groups in total. The van der Waals surface area contributed by atoms with E-state index in [-0.39, 0.29) is 24.0 Å². The number of aromatic nitrogens is 2. The summed E-state index contributed by atoms with van der Waals surface area (Å²) in [5.74, 6) is 1.72. The molecular weight excluding hydrogens is 441 g/mol. The highest BCUT2D eigenvalue weighted by molar-refractivity contribution is 14.0. The lowest BCUT2D eigenvalue weighted by molar-refractivity contribution is 0.320. The van der Waals surface area contributed by atoms with E-state index in [0.717, 1.165) is 42.5 Å². The Kier molecular flexibility index (Phi) is 10.1. The van der Waals surface area contributed by atoms with Gasteiger partial charge in [0.2, 0.25) is 0 Å². The molecule has 0 radical (unpaired) electrons. The number of aryl methyl sites for hydroxylation is 4. The van der Waals surface area contributed by atoms with E-state index in [2.05, 4.69) is 33.7 Å². The molecule has 0 atom stereocenters. The molecule has 0 spiro atoms. The predicted molar refractivity (Wildman–Crippen MR) is 118 cm³/mol. The fraction of sp³-hybridized carbons (Fsp3) is 0.474. The number of hydrogen-bond donors (Lipinski definition) is 2. The highest BCUT2D eigenvalue weighted by Gasteiger charge is 2.02. The molecule has 0 unspecified atom stereocenters. The third-order valence-corrected chi connectivity index (χ3v) is 3.91. The minimum absolute atomic E-state index is 0. The normalized spacial score (nSPS) is 11.0. The van der Waals surface area contributed by atoms with E-state index in [0.29, 0.717) is 13.2 Å². The molecule has 2 rings (SSSR count). The fourth-order valence-electron chi connectivity index (χ4n) is 2.61. The maximum atomic E-state index is 5.77. The Morgan fingerprint density at radius 1 is 1.15 bits per heavy atom. The molecule has 1 aromatic carbocycles. The molecule has 1 aromatic heterocycles. The summed E-state index contributed by atoms with van der Waals surface area (Å²) in [7, 11) is 1.78. The van der Waals surface area contributed by atoms with Crippen molar-refractivity contribution < 1.29 is 4.74 Å². The monoisotopic (exact) mass is 471 g/mol. The lowest BCUT2D eigenvalue weighted by Gasteiger charge is -2.13. The second kappa shape index (κ2) is 11.8. The Labute approximate surface area is 173 Å². The van der Waals surface area contributed by atoms with E-state index in [1.54, 1.807) is 7.05 Å². The number of benzene rings is 1. The molecule has 6 nitrogen and oxygen atoms in total. The zero-order chi connectivity index (χ0) is 18.1. The molecule has 0 aliphatic rings. The van der Waals surface area contributed by atoms with Gasteiger partial charge in [0.1, 0.15) is 12.4 Å². The SMILES string of the molecule is CN=C(NCCCn1nc(C)cc1C)NCCOc1ccccc1C.I. The van der Waals surface area contributed by atoms with E-state index in [1.165, 1.54) is 5.69 Å². The van der Waals surface area contributed by atoms with E-state index in [1.807, 2.05) is 42.8 Å². The number of aliphatic imine (C=N–C) groups is 1. The summed E-state index contributed by atoms with van der Waals surface area (Å²) in [6.07, 6.45) is 0.988. The van der Waals surface area contributed by atoms with Crippen molar-refractivity contribution in [1.29, 1.82) is 0 Å². The first-order chi connectivity index (χ1) is 12.1. The lowest BCUT2D eigenvalue weighted by Crippen LogP contribution is -2.39. The van der Waals surface area contributed by atoms with Crippen LogP contribution in [0.5, 0.6) is 5.75 Å². The van der Waals surface area contributed by atoms with E-state index < -0.39 is 0 Å². The van der Waals surface area contributed by atoms with Gasteiger partial charge in [-0.05, 0) is 44.9 Å². The smallest absolute Gasteiger partial charge is 0.191 e. The summed E-state index contributed by atoms with van der Waals surface area (Å²) >= 11 is 0. The van der Waals surface area contributed by atoms with Crippen LogP contribution in [-0.2, 0) is 6.54 Å². The quantitative estimate of drug-likeness (QED) is 0.269. The summed E-state index contributed by atoms with van der Waals surface area (Å²) in [5, 5.41) is 11.1. The number of rotatable bonds is 8. The van der Waals surface area contributed by atoms with Gasteiger partial charge in [-0.1, -0.05) is 18.2 Å². The predicted octanol–water partition coefficient (Wildman–Crippen LogP) is 3.06. The van der Waals surface area contributed by atoms with Gasteiger partial charge < -0.3 is 15.4 Å². The first-order valence-electron chi connectivity index (χ1n) is 8.74. The molecular formula is C19H30IN5O. The highest BCUT2D eigenvalue weighted by atomic mass is 127. The standard InChI is InChI=1S/C19H29N5O.HI/c1-15-8-5-6-9-18(15)25-13-11-22-19(20-4)21-10-7-12-24-17(3)14-16(2)23-24;/h5-6,8-9,14H,7,10-13H2,1-4H3,(H2,20,21,22);1H. The van der Waals surface area contributed by atoms with Crippen molar-refractivity contribution in [1.82, 2.24) is 20.4 Å². The van der Waals surface area contributed by atoms with Gasteiger partial charge in [-0.3, -0.25) is 9.67 Å². The topological polar surface area (TPSA) is 63.5 Å². The summed E-state index contributed by atoms with van der Waals surface area (Å²) in [6, 6.07) is 10.1. The molecule has 0 bridgehead atoms. The van der Waals surface area contributed by atoms with Crippen LogP contribution in [-0.4, -0.2) is 42.5 Å². The molecule has 1 heterocycles. The molecule has 2 aromatic rings. The maximum Gasteiger partial charge on any atom is 0.191 e. The number of guanidine groups is 1. The average Bonchev–Trinajstić information content (AvgIpc) is 2.92. The van der Waals surface area contributed by atoms with Crippen LogP contribution in [0.15, 0.2) is 35.3 Å². The number of para-hydroxylation sites is 1. The number of ether oxygens (including phenoxy) is 1. The zero-order valence-electron chi connectivity index (χ0n) is 16.1. The van der Waals surface area contributed by atoms with Gasteiger partial charge in [0.15, 0.2) is 5.96 Å². The van der Waals surface area contributed by atoms with Crippen molar-refractivity contribution in [2.24, 2.45) is 4.99 Å². The van der Waals surface area contributed by atoms with Crippen LogP contribution in [0.2, 0.25) is 0 Å². The van der Waals surface area contributed by atoms with E-state index in [4.69, 9.17) is 4.74 Å². The van der Waals surface area contributed by atoms with Crippen LogP contribution in [0, 0.1) is 20.8 Å². The Morgan fingerprint density at radius 2 is 1.88 bits per heavy atom. The number of hydrogen-bond acceptors (Lipinski definition) is 3. The van der Waals surface area contributed by atoms with Crippen molar-refractivity contribution in [3.05, 3.63) is 47.3 Å². The largest absolute Gasteiger partial charge is 0.491 e. The number of nitrogens with one attached hydrogen (secondary N) is 2. The molecule has 26 heavy (non-hydrogen) atoms. The summed E-state index contributed by atoms with van der Waals surface area (Å²) in [5.41, 5.74) is 3.42. The van der Waals surface area contributed by atoms with Gasteiger partial charge in [0.05, 0.1) is 12.2 Å². The first kappa shape index (κ1) is 22.3. The van der Waals surface area contributed by atoms with Gasteiger partial charge >= 0.3 is 0 Å². The second-order valence-corrected chi connectivity index (χ2v) is 6.04. The van der Waals surface area contributed by atoms with Crippen molar-refractivity contribution in [2.75, 3.05) is 26.7 Å². The Morgan fingerprint density at radius 3 is 2.54 bits per heavy atom. The van der Waals surface area contributed by atoms with Crippen LogP contribution >= 0.6 is 24.0 Å². The molecule has 0 amide bonds. The summed E-state index contributed by atoms with van der Waals surface area (Å²) in [4.78, 5) is 4.23. The van der Waals surface area contributed by atoms with Crippen LogP contribution in [0.1, 0.15) is 23.4 Å². The lowest BCUT2D eigenvalue weighted by atomic mass is 10.2. The third-order valence-electron chi connectivity index (χ3n) is 3.91. The van der Waals surface area contributed by atoms with Crippen LogP contribution in [0.25, 0.3) is 0 Å². The van der Waals surface area contributed by atoms with Crippen LogP contribution in [0.4, 0.5) is 0 Å². The molecule has 144 valence electrons. The van der Waals surface area contributed by atoms with Crippen molar-refractivity contribution >= 4 is 29.9 Å². The molecule has 0 fully saturated rings. The van der Waals surface area contributed by atoms with E-state index >= 15 is 0 Å². The van der Waals surface area contributed by atoms with Gasteiger partial charge in [0.25, 0.3) is 0 Å². The van der Waals surface area contributed by atoms with Gasteiger partial charge in [0, 0.05) is 25.8 Å². The van der Waals surface area contributed by atoms with Crippen molar-refractivity contribution in [3.8, 4) is 5.75 Å². The zero-order valence-corrected chi connectivity index (χ0v) is 18.4. The second-order valence-electron chi connectivity index (χ2n) is 6.04. The molecule has 0 aliphatic carbocycles. The third kappa shape index (κ3) is 7.23. The van der Waals surface area contributed by atoms with Crippen LogP contribution in [0.3, 0.4) is 0 Å². The highest BCUT2D eigenvalue weighted by Crippen LogP contribution is 2.15. The maximum absolute atomic E-state index is 5.77. The molecule has 0 saturated heterocycles. The minimum atomic E-state index is 0. The molecule has 0 saturated carbocycles. The summed E-state index contributed by atoms with van der Waals surface area (Å²) in [6.45, 7) is 9.19. The summed E-state index contributed by atoms with van der Waals surface area (Å²) < 4.78 is 7.82. The van der Waals surface area contributed by atoms with Gasteiger partial charge in [-0.15, -0.1) is 24.0 Å². The first-order valence-corrected chi connectivity index (χ1v) is 8.74. The fourth-order valence-corrected chi connectivity index (χ4v) is 2.61. The Hall–Kier alpha value is -1.77. The van der Waals surface area contributed by atoms with E-state index in [9.17, 15) is 0 Å². The number of nitrogens with zero attached hydrogens (tertiary/aromatic N) is 3. The Balaban J connectivity index is 0.00000338. The van der Waals surface area contributed by atoms with Gasteiger partial charge in [-0.25, -0.2) is 0 Å².